The maximum Gasteiger partial charge on any atom is 0.460 e. The molecule has 1 aromatic carbocycles. The van der Waals surface area contributed by atoms with Gasteiger partial charge in [0, 0.05) is 12.5 Å². The van der Waals surface area contributed by atoms with Crippen LogP contribution in [0.2, 0.25) is 0 Å². The second kappa shape index (κ2) is 21.5. The molecule has 0 spiro atoms. The van der Waals surface area contributed by atoms with Gasteiger partial charge in [0.25, 0.3) is 5.91 Å². The largest absolute Gasteiger partial charge is 0.460 e. The number of amides is 1. The Hall–Kier alpha value is -6.23. The number of aliphatic imine (C=N–C) groups is 2. The lowest BCUT2D eigenvalue weighted by Gasteiger charge is -2.47. The Labute approximate surface area is 447 Å². The molecule has 8 nitrogen and oxygen atoms in total. The lowest BCUT2D eigenvalue weighted by atomic mass is 9.81. The van der Waals surface area contributed by atoms with Crippen LogP contribution in [0.25, 0.3) is 0 Å². The number of rotatable bonds is 26. The molecular weight excluding hydrogens is 1400 g/mol. The minimum Gasteiger partial charge on any atom is -0.445 e. The molecule has 1 aromatic rings. The lowest BCUT2D eigenvalue weighted by molar-refractivity contribution is -0.497. The summed E-state index contributed by atoms with van der Waals surface area (Å²) in [7, 11) is 0. The molecule has 0 aliphatic heterocycles. The van der Waals surface area contributed by atoms with Crippen molar-refractivity contribution in [2.24, 2.45) is 9.98 Å². The molecule has 0 bridgehead atoms. The molecule has 0 unspecified atom stereocenters. The van der Waals surface area contributed by atoms with Gasteiger partial charge < -0.3 is 10.1 Å². The van der Waals surface area contributed by atoms with Crippen LogP contribution in [0, 0.1) is 6.92 Å². The normalized spacial score (nSPS) is 15.8. The van der Waals surface area contributed by atoms with Crippen molar-refractivity contribution in [2.75, 3.05) is 6.73 Å². The van der Waals surface area contributed by atoms with Crippen LogP contribution in [-0.2, 0) is 25.0 Å². The van der Waals surface area contributed by atoms with Crippen LogP contribution < -0.4 is 5.32 Å². The summed E-state index contributed by atoms with van der Waals surface area (Å²) < 4.78 is 644. The second-order valence-corrected chi connectivity index (χ2v) is 16.5. The number of hydrogen-bond donors (Lipinski definition) is 1. The average molecular weight is 1410 g/mol. The lowest BCUT2D eigenvalue weighted by Crippen LogP contribution is -2.81. The standard InChI is InChI=1S/C35H10F45N3O5/c1-7-10(81-4-84)3-9(13(87)83-6-88-8(2)86)11(12(7)82-5-85)14(36,37)15(38,39)16(40,41)17(42,43)18(44,45)19(46,47)20(48,49)21(50,51)22(52,53)23(54,55)24(56,57)25(58,59)26(60,61)27(62,63)28(64,65)29(66,67)30(68,69)31(70,71)32(72,73)33(74,75)34(76,77)35(78,79)80/h3H,6H2,1-2H3,(H,83,87). The van der Waals surface area contributed by atoms with Gasteiger partial charge in [0.2, 0.25) is 12.2 Å². The van der Waals surface area contributed by atoms with Crippen molar-refractivity contribution in [1.29, 1.82) is 0 Å². The molecular formula is C35H10F45N3O5. The zero-order chi connectivity index (χ0) is 71.7. The smallest absolute Gasteiger partial charge is 0.445 e. The molecule has 1 amide bonds. The van der Waals surface area contributed by atoms with Crippen LogP contribution in [-0.4, -0.2) is 155 Å². The molecule has 53 heteroatoms. The maximum absolute atomic E-state index is 15.8. The molecule has 0 radical (unpaired) electrons. The third-order valence-electron chi connectivity index (χ3n) is 11.2. The first-order valence-corrected chi connectivity index (χ1v) is 19.6. The number of isocyanates is 2. The van der Waals surface area contributed by atoms with Gasteiger partial charge >= 0.3 is 137 Å². The number of benzene rings is 1. The van der Waals surface area contributed by atoms with Crippen LogP contribution in [0.4, 0.5) is 209 Å². The van der Waals surface area contributed by atoms with Crippen molar-refractivity contribution in [2.45, 2.75) is 144 Å². The third-order valence-corrected chi connectivity index (χ3v) is 11.2. The Kier molecular flexibility index (Phi) is 19.5. The van der Waals surface area contributed by atoms with Gasteiger partial charge in [0.1, 0.15) is 0 Å². The van der Waals surface area contributed by atoms with Gasteiger partial charge in [-0.3, -0.25) is 9.59 Å². The number of hydrogen-bond acceptors (Lipinski definition) is 7. The molecule has 88 heavy (non-hydrogen) atoms. The monoisotopic (exact) mass is 1410 g/mol. The predicted octanol–water partition coefficient (Wildman–Crippen LogP) is 15.5. The summed E-state index contributed by atoms with van der Waals surface area (Å²) in [4.78, 5) is 49.9. The fourth-order valence-corrected chi connectivity index (χ4v) is 5.98. The molecule has 0 saturated carbocycles. The number of alkyl halides is 45. The summed E-state index contributed by atoms with van der Waals surface area (Å²) in [6.45, 7) is -1.43. The molecule has 0 heterocycles. The fourth-order valence-electron chi connectivity index (χ4n) is 5.98. The van der Waals surface area contributed by atoms with Gasteiger partial charge in [-0.15, -0.1) is 0 Å². The third kappa shape index (κ3) is 9.80. The van der Waals surface area contributed by atoms with E-state index in [1.54, 1.807) is 0 Å². The van der Waals surface area contributed by atoms with Gasteiger partial charge in [-0.05, 0) is 13.0 Å². The SMILES string of the molecule is CC(=O)OCNC(=O)c1cc(N=C=O)c(C)c(N=C=O)c1C(F)(F)C(F)(F)C(F)(F)C(F)(F)C(F)(F)C(F)(F)C(F)(F)C(F)(F)C(F)(F)C(F)(F)C(F)(F)C(F)(F)C(F)(F)C(F)(F)C(F)(F)C(F)(F)C(F)(F)C(F)(F)C(F)(F)C(F)(F)C(F)(F)C(F)(F)F. The van der Waals surface area contributed by atoms with E-state index in [0.717, 1.165) is 5.32 Å². The fraction of sp³-hybridized carbons (Fsp3) is 0.714. The summed E-state index contributed by atoms with van der Waals surface area (Å²) in [6, 6.07) is -0.665. The van der Waals surface area contributed by atoms with Gasteiger partial charge in [0.05, 0.1) is 22.5 Å². The van der Waals surface area contributed by atoms with Crippen molar-refractivity contribution < 1.29 is 221 Å². The first-order chi connectivity index (χ1) is 37.9. The number of halogens is 45. The van der Waals surface area contributed by atoms with Crippen LogP contribution >= 0.6 is 0 Å². The molecule has 0 atom stereocenters. The molecule has 1 N–H and O–H groups in total. The molecule has 0 aliphatic carbocycles. The molecule has 0 aliphatic rings. The number of ether oxygens (including phenoxy) is 1. The first kappa shape index (κ1) is 79.8. The number of nitrogens with zero attached hydrogens (tertiary/aromatic N) is 2. The summed E-state index contributed by atoms with van der Waals surface area (Å²) in [6.07, 6.45) is -8.21. The Morgan fingerprint density at radius 2 is 0.591 bits per heavy atom. The Morgan fingerprint density at radius 1 is 0.375 bits per heavy atom. The van der Waals surface area contributed by atoms with Crippen molar-refractivity contribution in [3.8, 4) is 0 Å². The Balaban J connectivity index is 4.38. The highest BCUT2D eigenvalue weighted by molar-refractivity contribution is 5.99. The summed E-state index contributed by atoms with van der Waals surface area (Å²) in [5.41, 5.74) is -12.6. The van der Waals surface area contributed by atoms with Gasteiger partial charge in [-0.2, -0.15) is 208 Å². The van der Waals surface area contributed by atoms with Crippen LogP contribution in [0.15, 0.2) is 16.1 Å². The van der Waals surface area contributed by atoms with E-state index in [9.17, 15) is 190 Å². The summed E-state index contributed by atoms with van der Waals surface area (Å²) in [5.74, 6) is -220. The Bertz CT molecular complexity index is 2930. The van der Waals surface area contributed by atoms with E-state index in [2.05, 4.69) is 14.7 Å². The van der Waals surface area contributed by atoms with Gasteiger partial charge in [0.15, 0.2) is 6.73 Å². The average Bonchev–Trinajstić information content (AvgIpc) is 3.33. The zero-order valence-electron chi connectivity index (χ0n) is 39.2. The van der Waals surface area contributed by atoms with Crippen molar-refractivity contribution in [3.63, 3.8) is 0 Å². The zero-order valence-corrected chi connectivity index (χ0v) is 39.2. The van der Waals surface area contributed by atoms with Crippen LogP contribution in [0.1, 0.15) is 28.4 Å². The number of carbonyl (C=O) groups is 2. The second-order valence-electron chi connectivity index (χ2n) is 16.5. The molecule has 1 rings (SSSR count). The topological polar surface area (TPSA) is 114 Å². The number of nitrogens with one attached hydrogen (secondary N) is 1. The molecule has 0 fully saturated rings. The van der Waals surface area contributed by atoms with Crippen LogP contribution in [0.5, 0.6) is 0 Å². The molecule has 0 aromatic heterocycles. The van der Waals surface area contributed by atoms with E-state index < -0.39 is 183 Å². The van der Waals surface area contributed by atoms with E-state index in [1.807, 2.05) is 0 Å². The minimum absolute atomic E-state index is 0.000328. The quantitative estimate of drug-likeness (QED) is 0.0326. The molecule has 510 valence electrons. The molecule has 0 saturated heterocycles. The van der Waals surface area contributed by atoms with E-state index >= 15 is 26.3 Å². The number of carbonyl (C=O) groups excluding carboxylic acids is 4. The highest BCUT2D eigenvalue weighted by atomic mass is 19.4. The van der Waals surface area contributed by atoms with Crippen molar-refractivity contribution in [3.05, 3.63) is 22.8 Å². The Morgan fingerprint density at radius 3 is 0.795 bits per heavy atom. The van der Waals surface area contributed by atoms with E-state index in [1.165, 1.54) is 0 Å². The van der Waals surface area contributed by atoms with E-state index in [4.69, 9.17) is 0 Å². The first-order valence-electron chi connectivity index (χ1n) is 19.6. The van der Waals surface area contributed by atoms with Crippen molar-refractivity contribution >= 4 is 35.4 Å². The summed E-state index contributed by atoms with van der Waals surface area (Å²) in [5, 5.41) is 0.974. The summed E-state index contributed by atoms with van der Waals surface area (Å²) >= 11 is 0. The highest BCUT2D eigenvalue weighted by Crippen LogP contribution is 2.72. The van der Waals surface area contributed by atoms with Crippen molar-refractivity contribution in [1.82, 2.24) is 5.32 Å². The van der Waals surface area contributed by atoms with E-state index in [-0.39, 0.29) is 13.0 Å². The minimum atomic E-state index is -10.9. The predicted molar refractivity (Wildman–Crippen MR) is 180 cm³/mol. The number of esters is 1. The van der Waals surface area contributed by atoms with Gasteiger partial charge in [-0.1, -0.05) is 0 Å². The highest BCUT2D eigenvalue weighted by Gasteiger charge is 3.04. The maximum atomic E-state index is 15.8. The van der Waals surface area contributed by atoms with Gasteiger partial charge in [-0.25, -0.2) is 9.59 Å². The van der Waals surface area contributed by atoms with E-state index in [0.29, 0.717) is 13.0 Å². The van der Waals surface area contributed by atoms with Crippen LogP contribution in [0.3, 0.4) is 0 Å².